The van der Waals surface area contributed by atoms with Gasteiger partial charge in [0.05, 0.1) is 5.69 Å². The number of aromatic nitrogens is 4. The number of rotatable bonds is 6. The van der Waals surface area contributed by atoms with Crippen LogP contribution >= 0.6 is 0 Å². The molecule has 0 aliphatic carbocycles. The van der Waals surface area contributed by atoms with E-state index in [1.807, 2.05) is 92.0 Å². The summed E-state index contributed by atoms with van der Waals surface area (Å²) in [6.45, 7) is 4.18. The molecule has 6 aromatic rings. The standard InChI is InChI=1S/C36H28N4/c1-3-12-28-21-29(19-18-25(28)2)30-22-31(33-17-10-11-20-37-33)24-32(23-30)36-39-34(26-13-6-4-7-14-26)38-35(40-36)27-15-8-5-9-16-27/h3-24H,1-2H3/b12-3-. The van der Waals surface area contributed by atoms with Gasteiger partial charge >= 0.3 is 0 Å². The maximum atomic E-state index is 4.98. The van der Waals surface area contributed by atoms with E-state index >= 15 is 0 Å². The topological polar surface area (TPSA) is 51.6 Å². The highest BCUT2D eigenvalue weighted by Gasteiger charge is 2.15. The molecule has 0 saturated carbocycles. The molecule has 6 rings (SSSR count). The van der Waals surface area contributed by atoms with Gasteiger partial charge in [-0.15, -0.1) is 0 Å². The Labute approximate surface area is 234 Å². The van der Waals surface area contributed by atoms with Crippen molar-refractivity contribution in [1.82, 2.24) is 19.9 Å². The zero-order valence-corrected chi connectivity index (χ0v) is 22.5. The van der Waals surface area contributed by atoms with Gasteiger partial charge in [0.1, 0.15) is 0 Å². The molecule has 0 fully saturated rings. The van der Waals surface area contributed by atoms with Crippen molar-refractivity contribution in [3.05, 3.63) is 139 Å². The van der Waals surface area contributed by atoms with Crippen LogP contribution in [0, 0.1) is 6.92 Å². The summed E-state index contributed by atoms with van der Waals surface area (Å²) in [7, 11) is 0. The number of hydrogen-bond donors (Lipinski definition) is 0. The Morgan fingerprint density at radius 1 is 0.500 bits per heavy atom. The van der Waals surface area contributed by atoms with E-state index in [0.717, 1.165) is 39.1 Å². The van der Waals surface area contributed by atoms with Crippen LogP contribution in [0.2, 0.25) is 0 Å². The first-order chi connectivity index (χ1) is 19.7. The van der Waals surface area contributed by atoms with Crippen LogP contribution in [0.1, 0.15) is 18.1 Å². The van der Waals surface area contributed by atoms with E-state index in [0.29, 0.717) is 17.5 Å². The Balaban J connectivity index is 1.58. The van der Waals surface area contributed by atoms with Crippen molar-refractivity contribution in [1.29, 1.82) is 0 Å². The maximum Gasteiger partial charge on any atom is 0.164 e. The summed E-state index contributed by atoms with van der Waals surface area (Å²) in [6, 6.07) is 39.1. The summed E-state index contributed by atoms with van der Waals surface area (Å²) in [5.41, 5.74) is 9.32. The van der Waals surface area contributed by atoms with Crippen molar-refractivity contribution < 1.29 is 0 Å². The predicted octanol–water partition coefficient (Wildman–Crippen LogP) is 8.94. The fourth-order valence-corrected chi connectivity index (χ4v) is 4.72. The van der Waals surface area contributed by atoms with E-state index in [1.165, 1.54) is 11.1 Å². The average Bonchev–Trinajstić information content (AvgIpc) is 3.03. The number of pyridine rings is 1. The Kier molecular flexibility index (Phi) is 7.06. The molecule has 0 atom stereocenters. The molecule has 0 saturated heterocycles. The minimum absolute atomic E-state index is 0.618. The first kappa shape index (κ1) is 25.1. The molecule has 2 heterocycles. The summed E-state index contributed by atoms with van der Waals surface area (Å²) in [5.74, 6) is 1.90. The fourth-order valence-electron chi connectivity index (χ4n) is 4.72. The summed E-state index contributed by atoms with van der Waals surface area (Å²) in [6.07, 6.45) is 6.04. The van der Waals surface area contributed by atoms with Gasteiger partial charge in [-0.3, -0.25) is 4.98 Å². The molecule has 4 nitrogen and oxygen atoms in total. The highest BCUT2D eigenvalue weighted by Crippen LogP contribution is 2.33. The second-order valence-corrected chi connectivity index (χ2v) is 9.62. The van der Waals surface area contributed by atoms with Crippen LogP contribution in [0.15, 0.2) is 128 Å². The Bertz CT molecular complexity index is 1740. The molecule has 0 bridgehead atoms. The molecule has 0 aliphatic heterocycles. The monoisotopic (exact) mass is 516 g/mol. The molecule has 192 valence electrons. The van der Waals surface area contributed by atoms with E-state index in [2.05, 4.69) is 60.5 Å². The van der Waals surface area contributed by atoms with Gasteiger partial charge in [-0.25, -0.2) is 15.0 Å². The normalized spacial score (nSPS) is 11.2. The summed E-state index contributed by atoms with van der Waals surface area (Å²) in [4.78, 5) is 19.5. The molecule has 0 unspecified atom stereocenters. The largest absolute Gasteiger partial charge is 0.256 e. The molecule has 4 aromatic carbocycles. The van der Waals surface area contributed by atoms with Crippen LogP contribution in [-0.4, -0.2) is 19.9 Å². The summed E-state index contributed by atoms with van der Waals surface area (Å²) < 4.78 is 0. The van der Waals surface area contributed by atoms with Crippen LogP contribution in [0.25, 0.3) is 62.6 Å². The minimum Gasteiger partial charge on any atom is -0.256 e. The molecular weight excluding hydrogens is 488 g/mol. The zero-order chi connectivity index (χ0) is 27.3. The van der Waals surface area contributed by atoms with Crippen molar-refractivity contribution in [2.75, 3.05) is 0 Å². The molecule has 2 aromatic heterocycles. The smallest absolute Gasteiger partial charge is 0.164 e. The van der Waals surface area contributed by atoms with Crippen LogP contribution in [0.5, 0.6) is 0 Å². The van der Waals surface area contributed by atoms with E-state index < -0.39 is 0 Å². The van der Waals surface area contributed by atoms with E-state index in [-0.39, 0.29) is 0 Å². The van der Waals surface area contributed by atoms with E-state index in [9.17, 15) is 0 Å². The van der Waals surface area contributed by atoms with Crippen LogP contribution in [-0.2, 0) is 0 Å². The van der Waals surface area contributed by atoms with Gasteiger partial charge in [0.2, 0.25) is 0 Å². The lowest BCUT2D eigenvalue weighted by molar-refractivity contribution is 1.07. The van der Waals surface area contributed by atoms with Crippen molar-refractivity contribution in [3.8, 4) is 56.5 Å². The van der Waals surface area contributed by atoms with Gasteiger partial charge in [-0.05, 0) is 72.5 Å². The second-order valence-electron chi connectivity index (χ2n) is 9.62. The third-order valence-corrected chi connectivity index (χ3v) is 6.81. The number of aryl methyl sites for hydroxylation is 1. The fraction of sp³-hybridized carbons (Fsp3) is 0.0556. The molecule has 0 N–H and O–H groups in total. The quantitative estimate of drug-likeness (QED) is 0.222. The van der Waals surface area contributed by atoms with Gasteiger partial charge in [0, 0.05) is 28.5 Å². The second kappa shape index (κ2) is 11.3. The SMILES string of the molecule is C/C=C\c1cc(-c2cc(-c3ccccn3)cc(-c3nc(-c4ccccc4)nc(-c4ccccc4)n3)c2)ccc1C. The molecule has 0 spiro atoms. The average molecular weight is 517 g/mol. The van der Waals surface area contributed by atoms with Gasteiger partial charge < -0.3 is 0 Å². The van der Waals surface area contributed by atoms with Gasteiger partial charge in [-0.2, -0.15) is 0 Å². The summed E-state index contributed by atoms with van der Waals surface area (Å²) in [5, 5.41) is 0. The zero-order valence-electron chi connectivity index (χ0n) is 22.5. The van der Waals surface area contributed by atoms with Crippen molar-refractivity contribution in [2.24, 2.45) is 0 Å². The van der Waals surface area contributed by atoms with Crippen molar-refractivity contribution in [3.63, 3.8) is 0 Å². The van der Waals surface area contributed by atoms with Crippen molar-refractivity contribution >= 4 is 6.08 Å². The van der Waals surface area contributed by atoms with Gasteiger partial charge in [-0.1, -0.05) is 91.0 Å². The van der Waals surface area contributed by atoms with Crippen LogP contribution < -0.4 is 0 Å². The Morgan fingerprint density at radius 2 is 1.07 bits per heavy atom. The number of allylic oxidation sites excluding steroid dienone is 1. The number of nitrogens with zero attached hydrogens (tertiary/aromatic N) is 4. The minimum atomic E-state index is 0.618. The lowest BCUT2D eigenvalue weighted by Crippen LogP contribution is -2.00. The molecular formula is C36H28N4. The van der Waals surface area contributed by atoms with Gasteiger partial charge in [0.15, 0.2) is 17.5 Å². The first-order valence-corrected chi connectivity index (χ1v) is 13.4. The molecule has 0 amide bonds. The lowest BCUT2D eigenvalue weighted by Gasteiger charge is -2.13. The third-order valence-electron chi connectivity index (χ3n) is 6.81. The molecule has 0 aliphatic rings. The number of benzene rings is 4. The van der Waals surface area contributed by atoms with Crippen molar-refractivity contribution in [2.45, 2.75) is 13.8 Å². The molecule has 4 heteroatoms. The third kappa shape index (κ3) is 5.33. The predicted molar refractivity (Wildman–Crippen MR) is 164 cm³/mol. The first-order valence-electron chi connectivity index (χ1n) is 13.4. The number of hydrogen-bond acceptors (Lipinski definition) is 4. The Hall–Kier alpha value is -5.22. The molecule has 40 heavy (non-hydrogen) atoms. The van der Waals surface area contributed by atoms with Gasteiger partial charge in [0.25, 0.3) is 0 Å². The van der Waals surface area contributed by atoms with E-state index in [4.69, 9.17) is 15.0 Å². The molecule has 0 radical (unpaired) electrons. The maximum absolute atomic E-state index is 4.98. The highest BCUT2D eigenvalue weighted by molar-refractivity contribution is 5.80. The van der Waals surface area contributed by atoms with Crippen LogP contribution in [0.4, 0.5) is 0 Å². The summed E-state index contributed by atoms with van der Waals surface area (Å²) >= 11 is 0. The highest BCUT2D eigenvalue weighted by atomic mass is 15.0. The van der Waals surface area contributed by atoms with E-state index in [1.54, 1.807) is 0 Å². The lowest BCUT2D eigenvalue weighted by atomic mass is 9.95. The Morgan fingerprint density at radius 3 is 1.68 bits per heavy atom. The van der Waals surface area contributed by atoms with Crippen LogP contribution in [0.3, 0.4) is 0 Å².